The van der Waals surface area contributed by atoms with Gasteiger partial charge in [0.2, 0.25) is 0 Å². The lowest BCUT2D eigenvalue weighted by Gasteiger charge is -2.05. The highest BCUT2D eigenvalue weighted by atomic mass is 35.5. The van der Waals surface area contributed by atoms with E-state index in [9.17, 15) is 10.1 Å². The maximum Gasteiger partial charge on any atom is 0.273 e. The van der Waals surface area contributed by atoms with Gasteiger partial charge in [-0.2, -0.15) is 11.8 Å². The SMILES string of the molecule is CSCCCNCc1cc(Cl)ccc1[N+](=O)[O-]. The lowest BCUT2D eigenvalue weighted by molar-refractivity contribution is -0.385. The van der Waals surface area contributed by atoms with Crippen molar-refractivity contribution in [1.29, 1.82) is 0 Å². The maximum atomic E-state index is 10.8. The molecule has 4 nitrogen and oxygen atoms in total. The summed E-state index contributed by atoms with van der Waals surface area (Å²) >= 11 is 7.62. The smallest absolute Gasteiger partial charge is 0.273 e. The summed E-state index contributed by atoms with van der Waals surface area (Å²) < 4.78 is 0. The Bertz CT molecular complexity index is 388. The Kier molecular flexibility index (Phi) is 6.32. The first-order chi connectivity index (χ1) is 8.15. The molecule has 94 valence electrons. The van der Waals surface area contributed by atoms with Gasteiger partial charge in [0.25, 0.3) is 5.69 Å². The summed E-state index contributed by atoms with van der Waals surface area (Å²) in [6.45, 7) is 1.33. The van der Waals surface area contributed by atoms with Gasteiger partial charge in [-0.3, -0.25) is 10.1 Å². The van der Waals surface area contributed by atoms with E-state index < -0.39 is 0 Å². The highest BCUT2D eigenvalue weighted by molar-refractivity contribution is 7.98. The van der Waals surface area contributed by atoms with Crippen molar-refractivity contribution >= 4 is 29.1 Å². The summed E-state index contributed by atoms with van der Waals surface area (Å²) in [4.78, 5) is 10.4. The molecule has 0 aromatic heterocycles. The molecule has 0 aliphatic heterocycles. The summed E-state index contributed by atoms with van der Waals surface area (Å²) in [5, 5.41) is 14.5. The van der Waals surface area contributed by atoms with Gasteiger partial charge < -0.3 is 5.32 Å². The number of hydrogen-bond donors (Lipinski definition) is 1. The van der Waals surface area contributed by atoms with Crippen molar-refractivity contribution < 1.29 is 4.92 Å². The highest BCUT2D eigenvalue weighted by Gasteiger charge is 2.12. The van der Waals surface area contributed by atoms with Gasteiger partial charge in [0, 0.05) is 23.2 Å². The molecule has 0 saturated heterocycles. The number of nitrogens with one attached hydrogen (secondary N) is 1. The third-order valence-corrected chi connectivity index (χ3v) is 3.19. The van der Waals surface area contributed by atoms with E-state index in [1.54, 1.807) is 17.8 Å². The van der Waals surface area contributed by atoms with Gasteiger partial charge in [0.1, 0.15) is 0 Å². The van der Waals surface area contributed by atoms with Gasteiger partial charge in [-0.25, -0.2) is 0 Å². The second kappa shape index (κ2) is 7.53. The summed E-state index contributed by atoms with van der Waals surface area (Å²) in [5.41, 5.74) is 0.749. The molecule has 0 heterocycles. The van der Waals surface area contributed by atoms with E-state index in [0.29, 0.717) is 17.1 Å². The fourth-order valence-corrected chi connectivity index (χ4v) is 2.07. The van der Waals surface area contributed by atoms with Crippen molar-refractivity contribution in [1.82, 2.24) is 5.32 Å². The molecule has 0 fully saturated rings. The van der Waals surface area contributed by atoms with Gasteiger partial charge in [0.15, 0.2) is 0 Å². The van der Waals surface area contributed by atoms with E-state index in [1.807, 2.05) is 0 Å². The Morgan fingerprint density at radius 1 is 1.53 bits per heavy atom. The predicted molar refractivity (Wildman–Crippen MR) is 72.8 cm³/mol. The Hall–Kier alpha value is -0.780. The van der Waals surface area contributed by atoms with E-state index in [0.717, 1.165) is 18.7 Å². The molecule has 0 radical (unpaired) electrons. The number of nitrogens with zero attached hydrogens (tertiary/aromatic N) is 1. The van der Waals surface area contributed by atoms with Gasteiger partial charge >= 0.3 is 0 Å². The van der Waals surface area contributed by atoms with Gasteiger partial charge in [-0.1, -0.05) is 11.6 Å². The third-order valence-electron chi connectivity index (χ3n) is 2.26. The number of benzene rings is 1. The van der Waals surface area contributed by atoms with Crippen LogP contribution in [0, 0.1) is 10.1 Å². The van der Waals surface area contributed by atoms with Crippen LogP contribution in [0.3, 0.4) is 0 Å². The molecule has 1 N–H and O–H groups in total. The minimum Gasteiger partial charge on any atom is -0.312 e. The molecule has 0 bridgehead atoms. The molecule has 1 rings (SSSR count). The quantitative estimate of drug-likeness (QED) is 0.472. The van der Waals surface area contributed by atoms with Gasteiger partial charge in [-0.15, -0.1) is 0 Å². The number of halogens is 1. The normalized spacial score (nSPS) is 10.5. The maximum absolute atomic E-state index is 10.8. The van der Waals surface area contributed by atoms with E-state index in [2.05, 4.69) is 11.6 Å². The zero-order valence-corrected chi connectivity index (χ0v) is 11.2. The van der Waals surface area contributed by atoms with Gasteiger partial charge in [0.05, 0.1) is 4.92 Å². The van der Waals surface area contributed by atoms with Crippen LogP contribution in [0.1, 0.15) is 12.0 Å². The van der Waals surface area contributed by atoms with Gasteiger partial charge in [-0.05, 0) is 37.1 Å². The minimum absolute atomic E-state index is 0.117. The van der Waals surface area contributed by atoms with Crippen LogP contribution in [-0.2, 0) is 6.54 Å². The second-order valence-corrected chi connectivity index (χ2v) is 4.98. The average Bonchev–Trinajstić information content (AvgIpc) is 2.28. The first-order valence-electron chi connectivity index (χ1n) is 5.27. The minimum atomic E-state index is -0.380. The molecule has 0 unspecified atom stereocenters. The van der Waals surface area contributed by atoms with Crippen LogP contribution in [-0.4, -0.2) is 23.5 Å². The highest BCUT2D eigenvalue weighted by Crippen LogP contribution is 2.22. The zero-order chi connectivity index (χ0) is 12.7. The topological polar surface area (TPSA) is 55.2 Å². The van der Waals surface area contributed by atoms with E-state index in [-0.39, 0.29) is 10.6 Å². The van der Waals surface area contributed by atoms with Crippen molar-refractivity contribution in [2.24, 2.45) is 0 Å². The largest absolute Gasteiger partial charge is 0.312 e. The predicted octanol–water partition coefficient (Wildman–Crippen LogP) is 3.09. The monoisotopic (exact) mass is 274 g/mol. The van der Waals surface area contributed by atoms with Crippen LogP contribution < -0.4 is 5.32 Å². The average molecular weight is 275 g/mol. The number of nitro benzene ring substituents is 1. The summed E-state index contributed by atoms with van der Waals surface area (Å²) in [6.07, 6.45) is 3.11. The van der Waals surface area contributed by atoms with Crippen LogP contribution >= 0.6 is 23.4 Å². The number of nitro groups is 1. The third kappa shape index (κ3) is 4.93. The zero-order valence-electron chi connectivity index (χ0n) is 9.61. The Morgan fingerprint density at radius 3 is 2.94 bits per heavy atom. The molecule has 0 atom stereocenters. The molecule has 1 aromatic rings. The summed E-state index contributed by atoms with van der Waals surface area (Å²) in [5.74, 6) is 1.09. The number of hydrogen-bond acceptors (Lipinski definition) is 4. The second-order valence-electron chi connectivity index (χ2n) is 3.55. The molecule has 0 spiro atoms. The van der Waals surface area contributed by atoms with Crippen molar-refractivity contribution in [3.8, 4) is 0 Å². The van der Waals surface area contributed by atoms with Crippen molar-refractivity contribution in [2.45, 2.75) is 13.0 Å². The standard InChI is InChI=1S/C11H15ClN2O2S/c1-17-6-2-5-13-8-9-7-10(12)3-4-11(9)14(15)16/h3-4,7,13H,2,5-6,8H2,1H3. The molecule has 0 saturated carbocycles. The first-order valence-corrected chi connectivity index (χ1v) is 7.05. The van der Waals surface area contributed by atoms with Crippen molar-refractivity contribution in [2.75, 3.05) is 18.6 Å². The Labute approximate surface area is 110 Å². The molecular weight excluding hydrogens is 260 g/mol. The molecule has 0 aliphatic rings. The molecular formula is C11H15ClN2O2S. The Morgan fingerprint density at radius 2 is 2.29 bits per heavy atom. The lowest BCUT2D eigenvalue weighted by atomic mass is 10.2. The molecule has 1 aromatic carbocycles. The Balaban J connectivity index is 2.56. The van der Waals surface area contributed by atoms with Crippen molar-refractivity contribution in [3.63, 3.8) is 0 Å². The summed E-state index contributed by atoms with van der Waals surface area (Å²) in [7, 11) is 0. The fraction of sp³-hybridized carbons (Fsp3) is 0.455. The lowest BCUT2D eigenvalue weighted by Crippen LogP contribution is -2.16. The van der Waals surface area contributed by atoms with E-state index >= 15 is 0 Å². The fourth-order valence-electron chi connectivity index (χ4n) is 1.44. The van der Waals surface area contributed by atoms with E-state index in [4.69, 9.17) is 11.6 Å². The summed E-state index contributed by atoms with van der Waals surface area (Å²) in [6, 6.07) is 4.62. The van der Waals surface area contributed by atoms with Crippen LogP contribution in [0.5, 0.6) is 0 Å². The molecule has 17 heavy (non-hydrogen) atoms. The molecule has 0 amide bonds. The van der Waals surface area contributed by atoms with Crippen molar-refractivity contribution in [3.05, 3.63) is 38.9 Å². The van der Waals surface area contributed by atoms with E-state index in [1.165, 1.54) is 12.1 Å². The molecule has 0 aliphatic carbocycles. The first kappa shape index (κ1) is 14.3. The van der Waals surface area contributed by atoms with Crippen LogP contribution in [0.25, 0.3) is 0 Å². The van der Waals surface area contributed by atoms with Crippen LogP contribution in [0.15, 0.2) is 18.2 Å². The molecule has 6 heteroatoms. The number of thioether (sulfide) groups is 1. The number of rotatable bonds is 7. The van der Waals surface area contributed by atoms with Crippen LogP contribution in [0.2, 0.25) is 5.02 Å². The van der Waals surface area contributed by atoms with Crippen LogP contribution in [0.4, 0.5) is 5.69 Å².